The zero-order valence-electron chi connectivity index (χ0n) is 9.82. The third-order valence-corrected chi connectivity index (χ3v) is 3.11. The number of Topliss-reactive ketones (excluding diaryl/α,β-unsaturated/α-hetero) is 1. The Kier molecular flexibility index (Phi) is 2.86. The van der Waals surface area contributed by atoms with E-state index in [0.717, 1.165) is 6.42 Å². The van der Waals surface area contributed by atoms with Gasteiger partial charge in [-0.3, -0.25) is 4.79 Å². The van der Waals surface area contributed by atoms with Crippen LogP contribution in [0.4, 0.5) is 0 Å². The molecule has 1 aromatic rings. The van der Waals surface area contributed by atoms with E-state index in [2.05, 4.69) is 6.92 Å². The molecule has 0 heterocycles. The van der Waals surface area contributed by atoms with Crippen LogP contribution in [0.3, 0.4) is 0 Å². The Balaban J connectivity index is 2.25. The largest absolute Gasteiger partial charge is 0.493 e. The van der Waals surface area contributed by atoms with E-state index in [-0.39, 0.29) is 11.7 Å². The number of carbonyl (C=O) groups is 1. The fourth-order valence-electron chi connectivity index (χ4n) is 1.89. The second kappa shape index (κ2) is 4.16. The van der Waals surface area contributed by atoms with E-state index in [1.807, 2.05) is 0 Å². The Morgan fingerprint density at radius 1 is 1.25 bits per heavy atom. The first-order chi connectivity index (χ1) is 7.67. The maximum Gasteiger partial charge on any atom is 0.166 e. The highest BCUT2D eigenvalue weighted by molar-refractivity contribution is 6.00. The smallest absolute Gasteiger partial charge is 0.166 e. The van der Waals surface area contributed by atoms with Crippen LogP contribution in [0.5, 0.6) is 11.5 Å². The number of carbonyl (C=O) groups excluding carboxylic acids is 1. The predicted octanol–water partition coefficient (Wildman–Crippen LogP) is 2.54. The van der Waals surface area contributed by atoms with Crippen LogP contribution >= 0.6 is 0 Å². The average molecular weight is 220 g/mol. The van der Waals surface area contributed by atoms with Gasteiger partial charge in [0, 0.05) is 11.5 Å². The number of hydrogen-bond acceptors (Lipinski definition) is 3. The number of ketones is 1. The van der Waals surface area contributed by atoms with Crippen LogP contribution in [-0.4, -0.2) is 20.0 Å². The Labute approximate surface area is 95.4 Å². The highest BCUT2D eigenvalue weighted by Gasteiger charge is 2.39. The van der Waals surface area contributed by atoms with Gasteiger partial charge >= 0.3 is 0 Å². The molecule has 1 saturated carbocycles. The molecule has 2 atom stereocenters. The first-order valence-electron chi connectivity index (χ1n) is 5.43. The number of hydrogen-bond donors (Lipinski definition) is 0. The van der Waals surface area contributed by atoms with Crippen molar-refractivity contribution in [1.82, 2.24) is 0 Å². The maximum absolute atomic E-state index is 12.0. The van der Waals surface area contributed by atoms with Crippen LogP contribution in [0.25, 0.3) is 0 Å². The molecular weight excluding hydrogens is 204 g/mol. The second-order valence-corrected chi connectivity index (χ2v) is 4.25. The van der Waals surface area contributed by atoms with E-state index in [9.17, 15) is 4.79 Å². The standard InChI is InChI=1S/C13H16O3/c1-8-6-10(8)13(14)9-4-5-11(15-2)12(7-9)16-3/h4-5,7-8,10H,6H2,1-3H3. The molecule has 0 aromatic heterocycles. The molecule has 0 aliphatic heterocycles. The first kappa shape index (κ1) is 11.0. The van der Waals surface area contributed by atoms with E-state index < -0.39 is 0 Å². The number of benzene rings is 1. The van der Waals surface area contributed by atoms with Gasteiger partial charge < -0.3 is 9.47 Å². The summed E-state index contributed by atoms with van der Waals surface area (Å²) in [5.41, 5.74) is 0.715. The van der Waals surface area contributed by atoms with Gasteiger partial charge in [-0.1, -0.05) is 6.92 Å². The third kappa shape index (κ3) is 1.90. The van der Waals surface area contributed by atoms with Gasteiger partial charge in [-0.2, -0.15) is 0 Å². The Morgan fingerprint density at radius 3 is 2.38 bits per heavy atom. The quantitative estimate of drug-likeness (QED) is 0.731. The molecule has 1 aliphatic carbocycles. The lowest BCUT2D eigenvalue weighted by Gasteiger charge is -2.08. The van der Waals surface area contributed by atoms with Crippen molar-refractivity contribution in [2.45, 2.75) is 13.3 Å². The summed E-state index contributed by atoms with van der Waals surface area (Å²) >= 11 is 0. The van der Waals surface area contributed by atoms with Crippen LogP contribution in [-0.2, 0) is 0 Å². The molecule has 3 heteroatoms. The van der Waals surface area contributed by atoms with Gasteiger partial charge in [0.1, 0.15) is 0 Å². The van der Waals surface area contributed by atoms with Crippen molar-refractivity contribution in [2.24, 2.45) is 11.8 Å². The molecular formula is C13H16O3. The summed E-state index contributed by atoms with van der Waals surface area (Å²) in [6.45, 7) is 2.10. The average Bonchev–Trinajstić information content (AvgIpc) is 3.04. The highest BCUT2D eigenvalue weighted by atomic mass is 16.5. The van der Waals surface area contributed by atoms with Gasteiger partial charge in [-0.25, -0.2) is 0 Å². The molecule has 0 saturated heterocycles. The van der Waals surface area contributed by atoms with Gasteiger partial charge in [-0.05, 0) is 30.5 Å². The molecule has 1 aliphatic rings. The molecule has 1 fully saturated rings. The van der Waals surface area contributed by atoms with Crippen molar-refractivity contribution in [1.29, 1.82) is 0 Å². The van der Waals surface area contributed by atoms with Crippen molar-refractivity contribution in [2.75, 3.05) is 14.2 Å². The van der Waals surface area contributed by atoms with Gasteiger partial charge in [0.05, 0.1) is 14.2 Å². The summed E-state index contributed by atoms with van der Waals surface area (Å²) in [4.78, 5) is 12.0. The lowest BCUT2D eigenvalue weighted by Crippen LogP contribution is -2.03. The van der Waals surface area contributed by atoms with Crippen molar-refractivity contribution < 1.29 is 14.3 Å². The molecule has 0 radical (unpaired) electrons. The molecule has 16 heavy (non-hydrogen) atoms. The molecule has 3 nitrogen and oxygen atoms in total. The minimum atomic E-state index is 0.207. The molecule has 2 rings (SSSR count). The summed E-state index contributed by atoms with van der Waals surface area (Å²) in [5, 5.41) is 0. The van der Waals surface area contributed by atoms with Crippen LogP contribution in [0.1, 0.15) is 23.7 Å². The molecule has 0 amide bonds. The van der Waals surface area contributed by atoms with Gasteiger partial charge in [0.15, 0.2) is 17.3 Å². The minimum absolute atomic E-state index is 0.207. The molecule has 2 unspecified atom stereocenters. The molecule has 0 bridgehead atoms. The first-order valence-corrected chi connectivity index (χ1v) is 5.43. The van der Waals surface area contributed by atoms with E-state index in [4.69, 9.17) is 9.47 Å². The molecule has 1 aromatic carbocycles. The van der Waals surface area contributed by atoms with Crippen molar-refractivity contribution in [3.63, 3.8) is 0 Å². The summed E-state index contributed by atoms with van der Waals surface area (Å²) < 4.78 is 10.3. The topological polar surface area (TPSA) is 35.5 Å². The Bertz CT molecular complexity index is 412. The number of methoxy groups -OCH3 is 2. The Morgan fingerprint density at radius 2 is 1.88 bits per heavy atom. The van der Waals surface area contributed by atoms with Crippen LogP contribution in [0.15, 0.2) is 18.2 Å². The van der Waals surface area contributed by atoms with Crippen LogP contribution in [0.2, 0.25) is 0 Å². The lowest BCUT2D eigenvalue weighted by molar-refractivity contribution is 0.0962. The highest BCUT2D eigenvalue weighted by Crippen LogP contribution is 2.41. The summed E-state index contributed by atoms with van der Waals surface area (Å²) in [7, 11) is 3.16. The number of rotatable bonds is 4. The summed E-state index contributed by atoms with van der Waals surface area (Å²) in [5.74, 6) is 2.22. The van der Waals surface area contributed by atoms with E-state index in [0.29, 0.717) is 23.0 Å². The second-order valence-electron chi connectivity index (χ2n) is 4.25. The van der Waals surface area contributed by atoms with E-state index >= 15 is 0 Å². The van der Waals surface area contributed by atoms with Crippen molar-refractivity contribution in [3.8, 4) is 11.5 Å². The summed E-state index contributed by atoms with van der Waals surface area (Å²) in [6.07, 6.45) is 1.01. The normalized spacial score (nSPS) is 22.7. The zero-order chi connectivity index (χ0) is 11.7. The minimum Gasteiger partial charge on any atom is -0.493 e. The third-order valence-electron chi connectivity index (χ3n) is 3.11. The predicted molar refractivity (Wildman–Crippen MR) is 61.1 cm³/mol. The van der Waals surface area contributed by atoms with Gasteiger partial charge in [0.25, 0.3) is 0 Å². The SMILES string of the molecule is COc1ccc(C(=O)C2CC2C)cc1OC. The molecule has 86 valence electrons. The van der Waals surface area contributed by atoms with Crippen molar-refractivity contribution in [3.05, 3.63) is 23.8 Å². The van der Waals surface area contributed by atoms with Crippen LogP contribution in [0, 0.1) is 11.8 Å². The summed E-state index contributed by atoms with van der Waals surface area (Å²) in [6, 6.07) is 5.33. The molecule has 0 spiro atoms. The fourth-order valence-corrected chi connectivity index (χ4v) is 1.89. The fraction of sp³-hybridized carbons (Fsp3) is 0.462. The maximum atomic E-state index is 12.0. The monoisotopic (exact) mass is 220 g/mol. The van der Waals surface area contributed by atoms with Gasteiger partial charge in [0.2, 0.25) is 0 Å². The van der Waals surface area contributed by atoms with Crippen molar-refractivity contribution >= 4 is 5.78 Å². The molecule has 0 N–H and O–H groups in total. The van der Waals surface area contributed by atoms with E-state index in [1.54, 1.807) is 32.4 Å². The number of ether oxygens (including phenoxy) is 2. The zero-order valence-corrected chi connectivity index (χ0v) is 9.82. The lowest BCUT2D eigenvalue weighted by atomic mass is 10.1. The van der Waals surface area contributed by atoms with E-state index in [1.165, 1.54) is 0 Å². The Hall–Kier alpha value is -1.51. The van der Waals surface area contributed by atoms with Gasteiger partial charge in [-0.15, -0.1) is 0 Å². The van der Waals surface area contributed by atoms with Crippen LogP contribution < -0.4 is 9.47 Å².